The van der Waals surface area contributed by atoms with Crippen LogP contribution in [0.4, 0.5) is 5.69 Å². The van der Waals surface area contributed by atoms with Crippen molar-refractivity contribution in [1.29, 1.82) is 0 Å². The highest BCUT2D eigenvalue weighted by atomic mass is 16.5. The van der Waals surface area contributed by atoms with Gasteiger partial charge >= 0.3 is 0 Å². The second kappa shape index (κ2) is 6.11. The molecule has 1 N–H and O–H groups in total. The Hall–Kier alpha value is -1.74. The molecule has 0 bridgehead atoms. The van der Waals surface area contributed by atoms with Gasteiger partial charge in [0.15, 0.2) is 0 Å². The van der Waals surface area contributed by atoms with Crippen LogP contribution in [-0.2, 0) is 11.3 Å². The van der Waals surface area contributed by atoms with Crippen molar-refractivity contribution in [2.45, 2.75) is 13.5 Å². The molecule has 1 aromatic carbocycles. The molecule has 90 valence electrons. The molecular formula is C14H17NO2. The van der Waals surface area contributed by atoms with E-state index in [0.717, 1.165) is 18.0 Å². The second-order valence-corrected chi connectivity index (χ2v) is 3.92. The van der Waals surface area contributed by atoms with E-state index in [0.29, 0.717) is 13.2 Å². The molecule has 2 rings (SSSR count). The van der Waals surface area contributed by atoms with Crippen LogP contribution in [0.5, 0.6) is 0 Å². The lowest BCUT2D eigenvalue weighted by Crippen LogP contribution is -2.09. The maximum Gasteiger partial charge on any atom is 0.129 e. The van der Waals surface area contributed by atoms with Crippen LogP contribution in [0.25, 0.3) is 0 Å². The lowest BCUT2D eigenvalue weighted by molar-refractivity contribution is 0.115. The summed E-state index contributed by atoms with van der Waals surface area (Å²) in [5, 5.41) is 3.30. The van der Waals surface area contributed by atoms with E-state index in [-0.39, 0.29) is 0 Å². The molecule has 0 fully saturated rings. The van der Waals surface area contributed by atoms with Crippen molar-refractivity contribution in [3.05, 3.63) is 54.0 Å². The van der Waals surface area contributed by atoms with Gasteiger partial charge in [-0.3, -0.25) is 0 Å². The Morgan fingerprint density at radius 3 is 2.71 bits per heavy atom. The molecule has 0 atom stereocenters. The van der Waals surface area contributed by atoms with E-state index in [9.17, 15) is 0 Å². The maximum atomic E-state index is 5.47. The maximum absolute atomic E-state index is 5.47. The van der Waals surface area contributed by atoms with Crippen LogP contribution in [0.1, 0.15) is 11.3 Å². The van der Waals surface area contributed by atoms with Crippen molar-refractivity contribution < 1.29 is 9.15 Å². The first-order valence-corrected chi connectivity index (χ1v) is 5.75. The van der Waals surface area contributed by atoms with E-state index in [4.69, 9.17) is 9.15 Å². The van der Waals surface area contributed by atoms with Gasteiger partial charge in [-0.25, -0.2) is 0 Å². The minimum absolute atomic E-state index is 0.530. The van der Waals surface area contributed by atoms with Gasteiger partial charge in [0.2, 0.25) is 0 Å². The molecular weight excluding hydrogens is 214 g/mol. The van der Waals surface area contributed by atoms with Gasteiger partial charge in [0.1, 0.15) is 12.4 Å². The van der Waals surface area contributed by atoms with Crippen molar-refractivity contribution >= 4 is 5.69 Å². The van der Waals surface area contributed by atoms with E-state index < -0.39 is 0 Å². The number of rotatable bonds is 6. The van der Waals surface area contributed by atoms with Gasteiger partial charge in [0.25, 0.3) is 0 Å². The zero-order chi connectivity index (χ0) is 11.9. The Balaban J connectivity index is 1.61. The number of anilines is 1. The fourth-order valence-corrected chi connectivity index (χ4v) is 1.51. The molecule has 17 heavy (non-hydrogen) atoms. The number of furan rings is 1. The summed E-state index contributed by atoms with van der Waals surface area (Å²) in [6.45, 7) is 4.07. The molecule has 3 nitrogen and oxygen atoms in total. The summed E-state index contributed by atoms with van der Waals surface area (Å²) in [5.74, 6) is 0.861. The van der Waals surface area contributed by atoms with Crippen LogP contribution in [0, 0.1) is 6.92 Å². The number of hydrogen-bond acceptors (Lipinski definition) is 3. The Morgan fingerprint density at radius 2 is 2.00 bits per heavy atom. The average Bonchev–Trinajstić information content (AvgIpc) is 2.84. The third-order valence-electron chi connectivity index (χ3n) is 2.45. The smallest absolute Gasteiger partial charge is 0.129 e. The topological polar surface area (TPSA) is 34.4 Å². The summed E-state index contributed by atoms with van der Waals surface area (Å²) >= 11 is 0. The van der Waals surface area contributed by atoms with Gasteiger partial charge in [-0.2, -0.15) is 0 Å². The fourth-order valence-electron chi connectivity index (χ4n) is 1.51. The molecule has 3 heteroatoms. The van der Waals surface area contributed by atoms with Crippen molar-refractivity contribution in [3.8, 4) is 0 Å². The summed E-state index contributed by atoms with van der Waals surface area (Å²) in [4.78, 5) is 0. The van der Waals surface area contributed by atoms with Gasteiger partial charge in [0.05, 0.1) is 12.9 Å². The zero-order valence-electron chi connectivity index (χ0n) is 9.98. The molecule has 0 aliphatic heterocycles. The van der Waals surface area contributed by atoms with Crippen LogP contribution >= 0.6 is 0 Å². The summed E-state index contributed by atoms with van der Waals surface area (Å²) in [5.41, 5.74) is 2.39. The van der Waals surface area contributed by atoms with Gasteiger partial charge in [-0.05, 0) is 31.2 Å². The van der Waals surface area contributed by atoms with Crippen molar-refractivity contribution in [3.63, 3.8) is 0 Å². The molecule has 0 radical (unpaired) electrons. The monoisotopic (exact) mass is 231 g/mol. The van der Waals surface area contributed by atoms with E-state index in [1.54, 1.807) is 6.26 Å². The standard InChI is InChI=1S/C14H17NO2/c1-12-4-6-13(7-5-12)15-8-10-16-11-14-3-2-9-17-14/h2-7,9,15H,8,10-11H2,1H3. The van der Waals surface area contributed by atoms with E-state index in [1.165, 1.54) is 5.56 Å². The molecule has 0 aliphatic carbocycles. The van der Waals surface area contributed by atoms with E-state index in [1.807, 2.05) is 12.1 Å². The van der Waals surface area contributed by atoms with Crippen LogP contribution in [-0.4, -0.2) is 13.2 Å². The highest BCUT2D eigenvalue weighted by Gasteiger charge is 1.95. The van der Waals surface area contributed by atoms with Crippen molar-refractivity contribution in [2.24, 2.45) is 0 Å². The van der Waals surface area contributed by atoms with Gasteiger partial charge in [-0.15, -0.1) is 0 Å². The molecule has 0 saturated heterocycles. The number of nitrogens with one attached hydrogen (secondary N) is 1. The summed E-state index contributed by atoms with van der Waals surface area (Å²) in [6, 6.07) is 12.1. The highest BCUT2D eigenvalue weighted by Crippen LogP contribution is 2.08. The van der Waals surface area contributed by atoms with Gasteiger partial charge < -0.3 is 14.5 Å². The van der Waals surface area contributed by atoms with Crippen LogP contribution in [0.2, 0.25) is 0 Å². The first kappa shape index (κ1) is 11.7. The molecule has 2 aromatic rings. The first-order valence-electron chi connectivity index (χ1n) is 5.75. The predicted molar refractivity (Wildman–Crippen MR) is 68.0 cm³/mol. The molecule has 0 unspecified atom stereocenters. The summed E-state index contributed by atoms with van der Waals surface area (Å²) in [6.07, 6.45) is 1.66. The quantitative estimate of drug-likeness (QED) is 0.775. The molecule has 1 aromatic heterocycles. The summed E-state index contributed by atoms with van der Waals surface area (Å²) in [7, 11) is 0. The third kappa shape index (κ3) is 3.96. The van der Waals surface area contributed by atoms with E-state index >= 15 is 0 Å². The number of aryl methyl sites for hydroxylation is 1. The third-order valence-corrected chi connectivity index (χ3v) is 2.45. The predicted octanol–water partition coefficient (Wildman–Crippen LogP) is 3.22. The lowest BCUT2D eigenvalue weighted by atomic mass is 10.2. The van der Waals surface area contributed by atoms with Gasteiger partial charge in [-0.1, -0.05) is 17.7 Å². The van der Waals surface area contributed by atoms with Crippen LogP contribution in [0.15, 0.2) is 47.1 Å². The zero-order valence-corrected chi connectivity index (χ0v) is 9.98. The minimum Gasteiger partial charge on any atom is -0.467 e. The van der Waals surface area contributed by atoms with Crippen LogP contribution in [0.3, 0.4) is 0 Å². The van der Waals surface area contributed by atoms with Crippen molar-refractivity contribution in [1.82, 2.24) is 0 Å². The Morgan fingerprint density at radius 1 is 1.18 bits per heavy atom. The van der Waals surface area contributed by atoms with Crippen molar-refractivity contribution in [2.75, 3.05) is 18.5 Å². The molecule has 0 spiro atoms. The molecule has 0 aliphatic rings. The van der Waals surface area contributed by atoms with Gasteiger partial charge in [0, 0.05) is 12.2 Å². The second-order valence-electron chi connectivity index (χ2n) is 3.92. The largest absolute Gasteiger partial charge is 0.467 e. The number of ether oxygens (including phenoxy) is 1. The fraction of sp³-hybridized carbons (Fsp3) is 0.286. The Kier molecular flexibility index (Phi) is 4.22. The summed E-state index contributed by atoms with van der Waals surface area (Å²) < 4.78 is 10.6. The SMILES string of the molecule is Cc1ccc(NCCOCc2ccco2)cc1. The van der Waals surface area contributed by atoms with E-state index in [2.05, 4.69) is 36.5 Å². The minimum atomic E-state index is 0.530. The van der Waals surface area contributed by atoms with Crippen LogP contribution < -0.4 is 5.32 Å². The Bertz CT molecular complexity index is 420. The average molecular weight is 231 g/mol. The number of benzene rings is 1. The number of hydrogen-bond donors (Lipinski definition) is 1. The Labute approximate surface area is 101 Å². The molecule has 0 saturated carbocycles. The normalized spacial score (nSPS) is 10.4. The highest BCUT2D eigenvalue weighted by molar-refractivity contribution is 5.44. The first-order chi connectivity index (χ1) is 8.34. The molecule has 0 amide bonds. The lowest BCUT2D eigenvalue weighted by Gasteiger charge is -2.06. The molecule has 1 heterocycles.